The van der Waals surface area contributed by atoms with Gasteiger partial charge in [-0.3, -0.25) is 9.59 Å². The number of nitrogens with zero attached hydrogens (tertiary/aromatic N) is 1. The molecule has 3 N–H and O–H groups in total. The number of benzene rings is 2. The number of hydrogen-bond acceptors (Lipinski definition) is 5. The van der Waals surface area contributed by atoms with Gasteiger partial charge < -0.3 is 10.4 Å². The Hall–Kier alpha value is -3.39. The third kappa shape index (κ3) is 4.77. The first-order chi connectivity index (χ1) is 14.5. The van der Waals surface area contributed by atoms with Crippen LogP contribution >= 0.6 is 11.8 Å². The van der Waals surface area contributed by atoms with Gasteiger partial charge in [-0.2, -0.15) is 16.9 Å². The molecule has 0 aliphatic rings. The second-order valence-electron chi connectivity index (χ2n) is 6.53. The molecule has 3 aromatic rings. The molecule has 0 spiro atoms. The number of carbonyl (C=O) groups excluding carboxylic acids is 1. The van der Waals surface area contributed by atoms with Gasteiger partial charge in [-0.05, 0) is 24.0 Å². The molecule has 30 heavy (non-hydrogen) atoms. The summed E-state index contributed by atoms with van der Waals surface area (Å²) >= 11 is 1.48. The summed E-state index contributed by atoms with van der Waals surface area (Å²) < 4.78 is 0. The molecule has 1 amide bonds. The van der Waals surface area contributed by atoms with Gasteiger partial charge in [0.05, 0.1) is 5.69 Å². The number of carbonyl (C=O) groups is 2. The van der Waals surface area contributed by atoms with E-state index in [1.807, 2.05) is 42.7 Å². The number of aromatic amines is 1. The minimum Gasteiger partial charge on any atom is -0.480 e. The van der Waals surface area contributed by atoms with Crippen molar-refractivity contribution in [2.75, 3.05) is 12.0 Å². The average molecular weight is 423 g/mol. The fraction of sp³-hybridized carbons (Fsp3) is 0.182. The van der Waals surface area contributed by atoms with E-state index in [2.05, 4.69) is 15.5 Å². The molecule has 0 saturated heterocycles. The van der Waals surface area contributed by atoms with Crippen LogP contribution in [-0.2, 0) is 4.79 Å². The average Bonchev–Trinajstić information content (AvgIpc) is 2.77. The summed E-state index contributed by atoms with van der Waals surface area (Å²) in [5.74, 6) is -1.33. The number of H-pyrrole nitrogens is 1. The number of carboxylic acid groups (broad SMARTS) is 1. The van der Waals surface area contributed by atoms with E-state index in [9.17, 15) is 19.5 Å². The quantitative estimate of drug-likeness (QED) is 0.513. The highest BCUT2D eigenvalue weighted by Crippen LogP contribution is 2.31. The number of aliphatic carboxylic acids is 1. The molecular formula is C22H21N3O4S. The van der Waals surface area contributed by atoms with Crippen LogP contribution in [0.3, 0.4) is 0 Å². The van der Waals surface area contributed by atoms with Crippen molar-refractivity contribution < 1.29 is 14.7 Å². The molecule has 0 aliphatic carbocycles. The summed E-state index contributed by atoms with van der Waals surface area (Å²) in [6, 6.07) is 17.1. The maximum absolute atomic E-state index is 13.1. The largest absolute Gasteiger partial charge is 0.480 e. The Labute approximate surface area is 177 Å². The minimum absolute atomic E-state index is 0.162. The van der Waals surface area contributed by atoms with E-state index >= 15 is 0 Å². The molecule has 7 nitrogen and oxygen atoms in total. The van der Waals surface area contributed by atoms with Crippen molar-refractivity contribution in [2.24, 2.45) is 0 Å². The minimum atomic E-state index is -1.15. The van der Waals surface area contributed by atoms with Crippen molar-refractivity contribution in [3.8, 4) is 22.4 Å². The number of nitrogens with one attached hydrogen (secondary N) is 2. The lowest BCUT2D eigenvalue weighted by Crippen LogP contribution is -2.43. The van der Waals surface area contributed by atoms with Crippen molar-refractivity contribution >= 4 is 23.6 Å². The van der Waals surface area contributed by atoms with Gasteiger partial charge in [0, 0.05) is 11.1 Å². The van der Waals surface area contributed by atoms with Crippen molar-refractivity contribution in [2.45, 2.75) is 12.5 Å². The van der Waals surface area contributed by atoms with Crippen LogP contribution in [0.5, 0.6) is 0 Å². The van der Waals surface area contributed by atoms with Gasteiger partial charge in [-0.25, -0.2) is 9.89 Å². The Kier molecular flexibility index (Phi) is 7.03. The highest BCUT2D eigenvalue weighted by atomic mass is 32.2. The zero-order valence-corrected chi connectivity index (χ0v) is 17.1. The summed E-state index contributed by atoms with van der Waals surface area (Å²) in [7, 11) is 0. The van der Waals surface area contributed by atoms with Crippen LogP contribution < -0.4 is 10.9 Å². The van der Waals surface area contributed by atoms with Gasteiger partial charge >= 0.3 is 5.97 Å². The third-order valence-electron chi connectivity index (χ3n) is 4.53. The van der Waals surface area contributed by atoms with Crippen LogP contribution in [0.25, 0.3) is 22.4 Å². The number of amides is 1. The van der Waals surface area contributed by atoms with E-state index in [4.69, 9.17) is 0 Å². The SMILES string of the molecule is CSCCC(NC(=O)c1c(-c2ccccc2)c(-c2ccccc2)n[nH]c1=O)C(=O)O. The zero-order valence-electron chi connectivity index (χ0n) is 16.3. The molecule has 3 rings (SSSR count). The van der Waals surface area contributed by atoms with Crippen LogP contribution in [-0.4, -0.2) is 45.2 Å². The molecule has 0 radical (unpaired) electrons. The number of carboxylic acids is 1. The molecular weight excluding hydrogens is 402 g/mol. The molecule has 2 aromatic carbocycles. The van der Waals surface area contributed by atoms with Crippen molar-refractivity contribution in [3.63, 3.8) is 0 Å². The summed E-state index contributed by atoms with van der Waals surface area (Å²) in [4.78, 5) is 37.3. The first kappa shape index (κ1) is 21.3. The van der Waals surface area contributed by atoms with E-state index in [0.717, 1.165) is 5.56 Å². The summed E-state index contributed by atoms with van der Waals surface area (Å²) in [6.45, 7) is 0. The predicted molar refractivity (Wildman–Crippen MR) is 118 cm³/mol. The maximum Gasteiger partial charge on any atom is 0.326 e. The predicted octanol–water partition coefficient (Wildman–Crippen LogP) is 3.04. The Bertz CT molecular complexity index is 1080. The van der Waals surface area contributed by atoms with Crippen molar-refractivity contribution in [1.29, 1.82) is 0 Å². The molecule has 0 aliphatic heterocycles. The second kappa shape index (κ2) is 9.89. The molecule has 8 heteroatoms. The molecule has 1 aromatic heterocycles. The van der Waals surface area contributed by atoms with Gasteiger partial charge in [0.25, 0.3) is 11.5 Å². The Balaban J connectivity index is 2.15. The van der Waals surface area contributed by atoms with Crippen LogP contribution in [0.2, 0.25) is 0 Å². The summed E-state index contributed by atoms with van der Waals surface area (Å²) in [6.07, 6.45) is 2.10. The molecule has 154 valence electrons. The fourth-order valence-electron chi connectivity index (χ4n) is 3.08. The van der Waals surface area contributed by atoms with Gasteiger partial charge in [-0.15, -0.1) is 0 Å². The maximum atomic E-state index is 13.1. The lowest BCUT2D eigenvalue weighted by atomic mass is 9.95. The fourth-order valence-corrected chi connectivity index (χ4v) is 3.55. The van der Waals surface area contributed by atoms with E-state index < -0.39 is 23.5 Å². The molecule has 1 unspecified atom stereocenters. The second-order valence-corrected chi connectivity index (χ2v) is 7.51. The summed E-state index contributed by atoms with van der Waals surface area (Å²) in [5, 5.41) is 18.5. The van der Waals surface area contributed by atoms with E-state index in [-0.39, 0.29) is 12.0 Å². The normalized spacial score (nSPS) is 11.6. The van der Waals surface area contributed by atoms with Gasteiger partial charge in [0.1, 0.15) is 11.6 Å². The number of rotatable bonds is 8. The van der Waals surface area contributed by atoms with Crippen LogP contribution in [0, 0.1) is 0 Å². The third-order valence-corrected chi connectivity index (χ3v) is 5.18. The van der Waals surface area contributed by atoms with E-state index in [1.54, 1.807) is 24.3 Å². The van der Waals surface area contributed by atoms with Crippen LogP contribution in [0.1, 0.15) is 16.8 Å². The number of hydrogen-bond donors (Lipinski definition) is 3. The van der Waals surface area contributed by atoms with E-state index in [0.29, 0.717) is 22.6 Å². The van der Waals surface area contributed by atoms with Crippen LogP contribution in [0.15, 0.2) is 65.5 Å². The monoisotopic (exact) mass is 423 g/mol. The van der Waals surface area contributed by atoms with Crippen molar-refractivity contribution in [3.05, 3.63) is 76.6 Å². The highest BCUT2D eigenvalue weighted by Gasteiger charge is 2.26. The van der Waals surface area contributed by atoms with Gasteiger partial charge in [-0.1, -0.05) is 60.7 Å². The highest BCUT2D eigenvalue weighted by molar-refractivity contribution is 7.98. The Morgan fingerprint density at radius 3 is 2.23 bits per heavy atom. The van der Waals surface area contributed by atoms with Gasteiger partial charge in [0.2, 0.25) is 0 Å². The zero-order chi connectivity index (χ0) is 21.5. The van der Waals surface area contributed by atoms with Crippen LogP contribution in [0.4, 0.5) is 0 Å². The lowest BCUT2D eigenvalue weighted by Gasteiger charge is -2.17. The molecule has 1 atom stereocenters. The van der Waals surface area contributed by atoms with E-state index in [1.165, 1.54) is 11.8 Å². The first-order valence-electron chi connectivity index (χ1n) is 9.29. The number of aromatic nitrogens is 2. The Morgan fingerprint density at radius 2 is 1.67 bits per heavy atom. The molecule has 1 heterocycles. The lowest BCUT2D eigenvalue weighted by molar-refractivity contribution is -0.139. The molecule has 0 bridgehead atoms. The smallest absolute Gasteiger partial charge is 0.326 e. The molecule has 0 saturated carbocycles. The van der Waals surface area contributed by atoms with Gasteiger partial charge in [0.15, 0.2) is 0 Å². The standard InChI is InChI=1S/C22H21N3O4S/c1-30-13-12-16(22(28)29)23-20(26)18-17(14-8-4-2-5-9-14)19(24-25-21(18)27)15-10-6-3-7-11-15/h2-11,16H,12-13H2,1H3,(H,23,26)(H,25,27)(H,28,29). The summed E-state index contributed by atoms with van der Waals surface area (Å²) in [5.41, 5.74) is 1.31. The number of thioether (sulfide) groups is 1. The van der Waals surface area contributed by atoms with Crippen molar-refractivity contribution in [1.82, 2.24) is 15.5 Å². The molecule has 0 fully saturated rings. The Morgan fingerprint density at radius 1 is 1.07 bits per heavy atom. The topological polar surface area (TPSA) is 112 Å². The first-order valence-corrected chi connectivity index (χ1v) is 10.7.